The number of rotatable bonds is 6. The number of hydrogen-bond donors (Lipinski definition) is 6. The molecule has 0 radical (unpaired) electrons. The summed E-state index contributed by atoms with van der Waals surface area (Å²) < 4.78 is 25.1. The number of primary amides is 1. The zero-order chi connectivity index (χ0) is 27.6. The Labute approximate surface area is 215 Å². The van der Waals surface area contributed by atoms with Crippen LogP contribution in [0.5, 0.6) is 5.75 Å². The first-order valence-electron chi connectivity index (χ1n) is 11.4. The number of aliphatic hydroxyl groups excluding tert-OH is 2. The van der Waals surface area contributed by atoms with Crippen molar-refractivity contribution in [3.63, 3.8) is 0 Å². The van der Waals surface area contributed by atoms with Crippen molar-refractivity contribution in [1.82, 2.24) is 10.2 Å². The number of allylic oxidation sites excluding steroid dienone is 1. The number of nitrogens with zero attached hydrogens (tertiary/aromatic N) is 1. The number of alkyl halides is 2. The van der Waals surface area contributed by atoms with Crippen LogP contribution in [0.15, 0.2) is 28.7 Å². The Bertz CT molecular complexity index is 1280. The van der Waals surface area contributed by atoms with Gasteiger partial charge in [0.1, 0.15) is 22.8 Å². The van der Waals surface area contributed by atoms with Gasteiger partial charge in [0.2, 0.25) is 5.78 Å². The Morgan fingerprint density at radius 1 is 1.30 bits per heavy atom. The maximum absolute atomic E-state index is 13.5. The van der Waals surface area contributed by atoms with Gasteiger partial charge in [0, 0.05) is 23.1 Å². The predicted octanol–water partition coefficient (Wildman–Crippen LogP) is 1.13. The first-order chi connectivity index (χ1) is 17.2. The maximum atomic E-state index is 13.5. The fourth-order valence-corrected chi connectivity index (χ4v) is 6.09. The standard InChI is InChI=1S/C24H26ClF2N3O7/c1-30(2)18-11-4-8-3-10-15(12(31)5-9(17(10)25)6-29-7-13(26)27)19(32)14(8)21(34)24(11,37)22(35)16(20(18)33)23(28)36/h5,8,11,13,18,29,31,33-34,37H,3-4,6-7H2,1-2H3,(H2,28,36)/t8-,11-,18-,24-/m0/s1. The molecule has 37 heavy (non-hydrogen) atoms. The number of phenolic OH excluding ortho intramolecular Hbond substituents is 1. The van der Waals surface area contributed by atoms with E-state index in [1.165, 1.54) is 19.0 Å². The summed E-state index contributed by atoms with van der Waals surface area (Å²) in [6.45, 7) is -0.716. The van der Waals surface area contributed by atoms with Crippen molar-refractivity contribution in [2.75, 3.05) is 20.6 Å². The van der Waals surface area contributed by atoms with Gasteiger partial charge in [-0.1, -0.05) is 11.6 Å². The van der Waals surface area contributed by atoms with E-state index < -0.39 is 76.8 Å². The summed E-state index contributed by atoms with van der Waals surface area (Å²) in [7, 11) is 3.06. The van der Waals surface area contributed by atoms with Gasteiger partial charge in [-0.15, -0.1) is 0 Å². The van der Waals surface area contributed by atoms with Crippen LogP contribution >= 0.6 is 11.6 Å². The quantitative estimate of drug-likeness (QED) is 0.288. The zero-order valence-electron chi connectivity index (χ0n) is 19.9. The van der Waals surface area contributed by atoms with Crippen LogP contribution in [0.3, 0.4) is 0 Å². The summed E-state index contributed by atoms with van der Waals surface area (Å²) >= 11 is 6.51. The molecule has 0 saturated carbocycles. The van der Waals surface area contributed by atoms with Gasteiger partial charge in [-0.3, -0.25) is 19.3 Å². The Balaban J connectivity index is 1.86. The molecule has 3 aliphatic rings. The van der Waals surface area contributed by atoms with Crippen molar-refractivity contribution >= 4 is 29.1 Å². The number of carbonyl (C=O) groups is 3. The number of ketones is 2. The third-order valence-corrected chi connectivity index (χ3v) is 7.82. The van der Waals surface area contributed by atoms with Crippen LogP contribution in [0.2, 0.25) is 5.02 Å². The Morgan fingerprint density at radius 3 is 2.51 bits per heavy atom. The van der Waals surface area contributed by atoms with Gasteiger partial charge in [-0.25, -0.2) is 8.78 Å². The largest absolute Gasteiger partial charge is 0.510 e. The molecular weight excluding hydrogens is 516 g/mol. The number of phenols is 1. The van der Waals surface area contributed by atoms with Crippen LogP contribution in [0.1, 0.15) is 27.9 Å². The molecule has 0 unspecified atom stereocenters. The molecule has 1 amide bonds. The Kier molecular flexibility index (Phi) is 6.82. The third kappa shape index (κ3) is 3.99. The predicted molar refractivity (Wildman–Crippen MR) is 126 cm³/mol. The van der Waals surface area contributed by atoms with E-state index in [9.17, 15) is 43.6 Å². The number of nitrogens with two attached hydrogens (primary N) is 1. The Hall–Kier alpha value is -3.06. The molecule has 0 spiro atoms. The van der Waals surface area contributed by atoms with Crippen molar-refractivity contribution in [2.45, 2.75) is 37.5 Å². The van der Waals surface area contributed by atoms with Gasteiger partial charge in [-0.2, -0.15) is 0 Å². The van der Waals surface area contributed by atoms with Crippen LogP contribution in [0.4, 0.5) is 8.78 Å². The van der Waals surface area contributed by atoms with E-state index in [2.05, 4.69) is 5.32 Å². The van der Waals surface area contributed by atoms with Crippen LogP contribution in [0, 0.1) is 11.8 Å². The number of carbonyl (C=O) groups excluding carboxylic acids is 3. The average molecular weight is 542 g/mol. The van der Waals surface area contributed by atoms with Crippen molar-refractivity contribution in [3.05, 3.63) is 50.4 Å². The van der Waals surface area contributed by atoms with E-state index in [1.807, 2.05) is 0 Å². The summed E-state index contributed by atoms with van der Waals surface area (Å²) in [6, 6.07) is 0.0365. The minimum atomic E-state index is -2.73. The highest BCUT2D eigenvalue weighted by molar-refractivity contribution is 6.33. The number of hydrogen-bond acceptors (Lipinski definition) is 9. The van der Waals surface area contributed by atoms with Gasteiger partial charge in [0.25, 0.3) is 12.3 Å². The second-order valence-electron chi connectivity index (χ2n) is 9.71. The van der Waals surface area contributed by atoms with E-state index >= 15 is 0 Å². The van der Waals surface area contributed by atoms with Crippen LogP contribution in [-0.4, -0.2) is 81.5 Å². The number of aromatic hydroxyl groups is 1. The minimum absolute atomic E-state index is 0.00359. The molecule has 1 aromatic carbocycles. The zero-order valence-corrected chi connectivity index (χ0v) is 20.6. The summed E-state index contributed by atoms with van der Waals surface area (Å²) in [5.41, 5.74) is 1.63. The lowest BCUT2D eigenvalue weighted by molar-refractivity contribution is -0.148. The summed E-state index contributed by atoms with van der Waals surface area (Å²) in [4.78, 5) is 40.2. The SMILES string of the molecule is CN(C)[C@@H]1C(O)=C(C(N)=O)C(=O)[C@@]2(O)C(O)=C3C(=O)c4c(O)cc(CNCC(F)F)c(Cl)c4C[C@H]3C[C@@H]12. The minimum Gasteiger partial charge on any atom is -0.510 e. The van der Waals surface area contributed by atoms with Crippen molar-refractivity contribution in [1.29, 1.82) is 0 Å². The number of fused-ring (bicyclic) bond motifs is 3. The van der Waals surface area contributed by atoms with E-state index in [0.717, 1.165) is 6.07 Å². The molecule has 1 aromatic rings. The number of likely N-dealkylation sites (N-methyl/N-ethyl adjacent to an activating group) is 1. The van der Waals surface area contributed by atoms with Gasteiger partial charge < -0.3 is 31.5 Å². The van der Waals surface area contributed by atoms with Crippen LogP contribution in [0.25, 0.3) is 0 Å². The highest BCUT2D eigenvalue weighted by atomic mass is 35.5. The summed E-state index contributed by atoms with van der Waals surface area (Å²) in [5, 5.41) is 46.7. The average Bonchev–Trinajstić information content (AvgIpc) is 2.78. The summed E-state index contributed by atoms with van der Waals surface area (Å²) in [6.07, 6.45) is -2.69. The number of amides is 1. The number of halogens is 3. The molecule has 4 rings (SSSR count). The number of aliphatic hydroxyl groups is 3. The van der Waals surface area contributed by atoms with Gasteiger partial charge in [0.15, 0.2) is 11.4 Å². The molecule has 10 nitrogen and oxygen atoms in total. The topological polar surface area (TPSA) is 173 Å². The van der Waals surface area contributed by atoms with Gasteiger partial charge in [0.05, 0.1) is 18.2 Å². The molecule has 0 aromatic heterocycles. The van der Waals surface area contributed by atoms with E-state index in [4.69, 9.17) is 17.3 Å². The molecule has 200 valence electrons. The van der Waals surface area contributed by atoms with E-state index in [1.54, 1.807) is 0 Å². The van der Waals surface area contributed by atoms with Gasteiger partial charge >= 0.3 is 0 Å². The molecular formula is C24H26ClF2N3O7. The van der Waals surface area contributed by atoms with E-state index in [-0.39, 0.29) is 46.7 Å². The smallest absolute Gasteiger partial charge is 0.255 e. The van der Waals surface area contributed by atoms with Crippen LogP contribution in [-0.2, 0) is 22.6 Å². The second-order valence-corrected chi connectivity index (χ2v) is 10.1. The summed E-state index contributed by atoms with van der Waals surface area (Å²) in [5.74, 6) is -7.62. The highest BCUT2D eigenvalue weighted by Crippen LogP contribution is 2.53. The highest BCUT2D eigenvalue weighted by Gasteiger charge is 2.63. The van der Waals surface area contributed by atoms with E-state index in [0.29, 0.717) is 0 Å². The van der Waals surface area contributed by atoms with Crippen molar-refractivity contribution < 1.29 is 43.6 Å². The number of benzene rings is 1. The lowest BCUT2D eigenvalue weighted by Gasteiger charge is -2.50. The Morgan fingerprint density at radius 2 is 1.95 bits per heavy atom. The van der Waals surface area contributed by atoms with Crippen molar-refractivity contribution in [2.24, 2.45) is 17.6 Å². The third-order valence-electron chi connectivity index (χ3n) is 7.34. The van der Waals surface area contributed by atoms with Gasteiger partial charge in [-0.05, 0) is 50.0 Å². The molecule has 0 fully saturated rings. The molecule has 0 aliphatic heterocycles. The lowest BCUT2D eigenvalue weighted by Crippen LogP contribution is -2.63. The first kappa shape index (κ1) is 27.0. The molecule has 0 heterocycles. The molecule has 0 saturated heterocycles. The maximum Gasteiger partial charge on any atom is 0.255 e. The molecule has 0 bridgehead atoms. The van der Waals surface area contributed by atoms with Crippen LogP contribution < -0.4 is 11.1 Å². The molecule has 4 atom stereocenters. The normalized spacial score (nSPS) is 27.5. The van der Waals surface area contributed by atoms with Crippen molar-refractivity contribution in [3.8, 4) is 5.75 Å². The molecule has 13 heteroatoms. The fraction of sp³-hybridized carbons (Fsp3) is 0.458. The number of Topliss-reactive ketones (excluding diaryl/α,β-unsaturated/α-hetero) is 2. The second kappa shape index (κ2) is 9.35. The first-order valence-corrected chi connectivity index (χ1v) is 11.8. The number of nitrogens with one attached hydrogen (secondary N) is 1. The molecule has 7 N–H and O–H groups in total. The monoisotopic (exact) mass is 541 g/mol. The fourth-order valence-electron chi connectivity index (χ4n) is 5.80. The molecule has 3 aliphatic carbocycles. The lowest BCUT2D eigenvalue weighted by atomic mass is 9.58.